The van der Waals surface area contributed by atoms with Gasteiger partial charge in [-0.1, -0.05) is 0 Å². The van der Waals surface area contributed by atoms with E-state index in [-0.39, 0.29) is 11.3 Å². The lowest BCUT2D eigenvalue weighted by molar-refractivity contribution is 0.0749. The molecular weight excluding hydrogens is 264 g/mol. The molecule has 5 nitrogen and oxygen atoms in total. The molecule has 0 N–H and O–H groups in total. The normalized spacial score (nSPS) is 22.2. The van der Waals surface area contributed by atoms with E-state index >= 15 is 0 Å². The molecule has 1 saturated carbocycles. The third kappa shape index (κ3) is 2.30. The van der Waals surface area contributed by atoms with Gasteiger partial charge in [0.05, 0.1) is 23.5 Å². The molecule has 3 rings (SSSR count). The third-order valence-corrected chi connectivity index (χ3v) is 3.97. The SMILES string of the molecule is CN(CC1CC(Cl)C1)C(=O)c1cnn2ccncc12. The molecule has 0 atom stereocenters. The number of hydrogen-bond acceptors (Lipinski definition) is 3. The van der Waals surface area contributed by atoms with Crippen molar-refractivity contribution in [1.29, 1.82) is 0 Å². The van der Waals surface area contributed by atoms with E-state index in [0.29, 0.717) is 11.5 Å². The van der Waals surface area contributed by atoms with Crippen LogP contribution in [0.5, 0.6) is 0 Å². The zero-order valence-corrected chi connectivity index (χ0v) is 11.4. The van der Waals surface area contributed by atoms with Crippen LogP contribution in [0.4, 0.5) is 0 Å². The largest absolute Gasteiger partial charge is 0.341 e. The first-order valence-corrected chi connectivity index (χ1v) is 6.75. The van der Waals surface area contributed by atoms with Crippen molar-refractivity contribution in [2.75, 3.05) is 13.6 Å². The molecule has 0 saturated heterocycles. The molecule has 0 radical (unpaired) electrons. The highest BCUT2D eigenvalue weighted by atomic mass is 35.5. The Labute approximate surface area is 116 Å². The van der Waals surface area contributed by atoms with E-state index in [0.717, 1.165) is 24.9 Å². The molecule has 2 heterocycles. The first-order chi connectivity index (χ1) is 9.15. The van der Waals surface area contributed by atoms with Crippen molar-refractivity contribution >= 4 is 23.0 Å². The summed E-state index contributed by atoms with van der Waals surface area (Å²) in [5.41, 5.74) is 1.33. The molecule has 0 aromatic carbocycles. The average Bonchev–Trinajstić information content (AvgIpc) is 2.79. The second-order valence-corrected chi connectivity index (χ2v) is 5.70. The lowest BCUT2D eigenvalue weighted by Gasteiger charge is -2.34. The fourth-order valence-corrected chi connectivity index (χ4v) is 2.98. The summed E-state index contributed by atoms with van der Waals surface area (Å²) in [5.74, 6) is 0.512. The van der Waals surface area contributed by atoms with Crippen molar-refractivity contribution in [2.45, 2.75) is 18.2 Å². The molecule has 1 amide bonds. The molecule has 1 fully saturated rings. The van der Waals surface area contributed by atoms with Gasteiger partial charge in [0.25, 0.3) is 5.91 Å². The number of hydrogen-bond donors (Lipinski definition) is 0. The number of halogens is 1. The van der Waals surface area contributed by atoms with Gasteiger partial charge in [0, 0.05) is 31.4 Å². The second kappa shape index (κ2) is 4.81. The summed E-state index contributed by atoms with van der Waals surface area (Å²) in [6.45, 7) is 0.750. The van der Waals surface area contributed by atoms with Gasteiger partial charge in [-0.3, -0.25) is 9.78 Å². The predicted molar refractivity (Wildman–Crippen MR) is 72.3 cm³/mol. The van der Waals surface area contributed by atoms with Crippen molar-refractivity contribution in [1.82, 2.24) is 19.5 Å². The maximum atomic E-state index is 12.4. The number of nitrogens with zero attached hydrogens (tertiary/aromatic N) is 4. The lowest BCUT2D eigenvalue weighted by atomic mass is 9.84. The molecule has 6 heteroatoms. The van der Waals surface area contributed by atoms with E-state index in [1.54, 1.807) is 34.2 Å². The predicted octanol–water partition coefficient (Wildman–Crippen LogP) is 1.82. The summed E-state index contributed by atoms with van der Waals surface area (Å²) >= 11 is 5.96. The minimum Gasteiger partial charge on any atom is -0.341 e. The topological polar surface area (TPSA) is 50.5 Å². The molecule has 100 valence electrons. The van der Waals surface area contributed by atoms with E-state index in [1.165, 1.54) is 0 Å². The summed E-state index contributed by atoms with van der Waals surface area (Å²) in [6, 6.07) is 0. The summed E-state index contributed by atoms with van der Waals surface area (Å²) in [6.07, 6.45) is 8.63. The maximum Gasteiger partial charge on any atom is 0.257 e. The van der Waals surface area contributed by atoms with Gasteiger partial charge in [-0.25, -0.2) is 4.52 Å². The number of amides is 1. The standard InChI is InChI=1S/C13H15ClN4O/c1-17(8-9-4-10(14)5-9)13(19)11-6-16-18-3-2-15-7-12(11)18/h2-3,6-7,9-10H,4-5,8H2,1H3. The minimum absolute atomic E-state index is 0.0129. The zero-order chi connectivity index (χ0) is 13.4. The average molecular weight is 279 g/mol. The third-order valence-electron chi connectivity index (χ3n) is 3.61. The van der Waals surface area contributed by atoms with E-state index in [2.05, 4.69) is 10.1 Å². The van der Waals surface area contributed by atoms with E-state index < -0.39 is 0 Å². The summed E-state index contributed by atoms with van der Waals surface area (Å²) < 4.78 is 1.66. The number of fused-ring (bicyclic) bond motifs is 1. The fourth-order valence-electron chi connectivity index (χ4n) is 2.48. The van der Waals surface area contributed by atoms with Crippen LogP contribution in [-0.2, 0) is 0 Å². The summed E-state index contributed by atoms with van der Waals surface area (Å²) in [5, 5.41) is 4.44. The smallest absolute Gasteiger partial charge is 0.257 e. The van der Waals surface area contributed by atoms with Gasteiger partial charge in [0.15, 0.2) is 0 Å². The monoisotopic (exact) mass is 278 g/mol. The number of alkyl halides is 1. The molecule has 0 aliphatic heterocycles. The first kappa shape index (κ1) is 12.4. The molecule has 2 aromatic heterocycles. The van der Waals surface area contributed by atoms with Crippen molar-refractivity contribution in [3.05, 3.63) is 30.4 Å². The second-order valence-electron chi connectivity index (χ2n) is 5.08. The lowest BCUT2D eigenvalue weighted by Crippen LogP contribution is -2.37. The Balaban J connectivity index is 1.75. The quantitative estimate of drug-likeness (QED) is 0.805. The number of carbonyl (C=O) groups excluding carboxylic acids is 1. The van der Waals surface area contributed by atoms with Gasteiger partial charge in [0.2, 0.25) is 0 Å². The Bertz CT molecular complexity index is 605. The first-order valence-electron chi connectivity index (χ1n) is 6.32. The van der Waals surface area contributed by atoms with Crippen LogP contribution in [0.15, 0.2) is 24.8 Å². The van der Waals surface area contributed by atoms with Gasteiger partial charge in [-0.05, 0) is 18.8 Å². The van der Waals surface area contributed by atoms with Crippen molar-refractivity contribution < 1.29 is 4.79 Å². The van der Waals surface area contributed by atoms with E-state index in [4.69, 9.17) is 11.6 Å². The molecule has 1 aliphatic carbocycles. The number of rotatable bonds is 3. The Hall–Kier alpha value is -1.62. The van der Waals surface area contributed by atoms with Gasteiger partial charge >= 0.3 is 0 Å². The summed E-state index contributed by atoms with van der Waals surface area (Å²) in [4.78, 5) is 18.2. The molecule has 19 heavy (non-hydrogen) atoms. The van der Waals surface area contributed by atoms with Gasteiger partial charge < -0.3 is 4.90 Å². The number of aromatic nitrogens is 3. The van der Waals surface area contributed by atoms with Crippen molar-refractivity contribution in [3.8, 4) is 0 Å². The van der Waals surface area contributed by atoms with Crippen LogP contribution >= 0.6 is 11.6 Å². The summed E-state index contributed by atoms with van der Waals surface area (Å²) in [7, 11) is 1.82. The fraction of sp³-hybridized carbons (Fsp3) is 0.462. The van der Waals surface area contributed by atoms with Crippen LogP contribution in [0, 0.1) is 5.92 Å². The van der Waals surface area contributed by atoms with Crippen LogP contribution in [0.1, 0.15) is 23.2 Å². The van der Waals surface area contributed by atoms with Gasteiger partial charge in [-0.2, -0.15) is 5.10 Å². The van der Waals surface area contributed by atoms with Gasteiger partial charge in [0.1, 0.15) is 0 Å². The van der Waals surface area contributed by atoms with Crippen LogP contribution in [0.25, 0.3) is 5.52 Å². The highest BCUT2D eigenvalue weighted by Crippen LogP contribution is 2.32. The van der Waals surface area contributed by atoms with Crippen molar-refractivity contribution in [3.63, 3.8) is 0 Å². The van der Waals surface area contributed by atoms with Crippen LogP contribution < -0.4 is 0 Å². The highest BCUT2D eigenvalue weighted by Gasteiger charge is 2.29. The molecule has 0 spiro atoms. The Morgan fingerprint density at radius 3 is 3.05 bits per heavy atom. The molecular formula is C13H15ClN4O. The van der Waals surface area contributed by atoms with Crippen LogP contribution in [0.2, 0.25) is 0 Å². The molecule has 0 bridgehead atoms. The van der Waals surface area contributed by atoms with E-state index in [1.807, 2.05) is 7.05 Å². The van der Waals surface area contributed by atoms with Crippen LogP contribution in [-0.4, -0.2) is 44.4 Å². The van der Waals surface area contributed by atoms with Crippen LogP contribution in [0.3, 0.4) is 0 Å². The zero-order valence-electron chi connectivity index (χ0n) is 10.7. The molecule has 2 aromatic rings. The Morgan fingerprint density at radius 2 is 2.32 bits per heavy atom. The van der Waals surface area contributed by atoms with Crippen molar-refractivity contribution in [2.24, 2.45) is 5.92 Å². The highest BCUT2D eigenvalue weighted by molar-refractivity contribution is 6.21. The van der Waals surface area contributed by atoms with Gasteiger partial charge in [-0.15, -0.1) is 11.6 Å². The number of carbonyl (C=O) groups is 1. The molecule has 0 unspecified atom stereocenters. The molecule has 1 aliphatic rings. The van der Waals surface area contributed by atoms with E-state index in [9.17, 15) is 4.79 Å². The Kier molecular flexibility index (Phi) is 3.14. The Morgan fingerprint density at radius 1 is 1.53 bits per heavy atom. The maximum absolute atomic E-state index is 12.4. The minimum atomic E-state index is -0.0129.